The first kappa shape index (κ1) is 8.52. The summed E-state index contributed by atoms with van der Waals surface area (Å²) in [5.41, 5.74) is 5.42. The standard InChI is InChI=1S/C6H10N4O2S/c7-6-5(4-8-9-6)13(11,12)10-2-1-3-10/h4H,1-3H2,(H3,7,8,9). The topological polar surface area (TPSA) is 92.1 Å². The fourth-order valence-corrected chi connectivity index (χ4v) is 2.68. The molecule has 0 bridgehead atoms. The number of hydrogen-bond donors (Lipinski definition) is 2. The lowest BCUT2D eigenvalue weighted by atomic mass is 10.3. The highest BCUT2D eigenvalue weighted by atomic mass is 32.2. The van der Waals surface area contributed by atoms with Crippen LogP contribution in [-0.4, -0.2) is 36.0 Å². The van der Waals surface area contributed by atoms with Gasteiger partial charge in [-0.25, -0.2) is 8.42 Å². The van der Waals surface area contributed by atoms with E-state index in [9.17, 15) is 8.42 Å². The molecule has 0 radical (unpaired) electrons. The van der Waals surface area contributed by atoms with Crippen LogP contribution in [0, 0.1) is 0 Å². The van der Waals surface area contributed by atoms with Crippen molar-refractivity contribution in [1.29, 1.82) is 0 Å². The second-order valence-corrected chi connectivity index (χ2v) is 4.81. The second-order valence-electron chi connectivity index (χ2n) is 2.91. The number of nitrogens with one attached hydrogen (secondary N) is 1. The molecule has 0 spiro atoms. The molecule has 0 amide bonds. The number of H-pyrrole nitrogens is 1. The van der Waals surface area contributed by atoms with Gasteiger partial charge in [0, 0.05) is 13.1 Å². The molecule has 72 valence electrons. The minimum Gasteiger partial charge on any atom is -0.383 e. The zero-order valence-electron chi connectivity index (χ0n) is 6.90. The molecule has 1 fully saturated rings. The van der Waals surface area contributed by atoms with E-state index >= 15 is 0 Å². The lowest BCUT2D eigenvalue weighted by Gasteiger charge is -2.29. The van der Waals surface area contributed by atoms with Gasteiger partial charge in [0.15, 0.2) is 0 Å². The molecule has 0 aromatic carbocycles. The van der Waals surface area contributed by atoms with Crippen LogP contribution in [0.4, 0.5) is 5.82 Å². The van der Waals surface area contributed by atoms with E-state index in [1.165, 1.54) is 10.5 Å². The lowest BCUT2D eigenvalue weighted by Crippen LogP contribution is -2.41. The zero-order chi connectivity index (χ0) is 9.47. The average molecular weight is 202 g/mol. The molecular formula is C6H10N4O2S. The Balaban J connectivity index is 2.39. The van der Waals surface area contributed by atoms with Gasteiger partial charge in [-0.3, -0.25) is 5.10 Å². The van der Waals surface area contributed by atoms with Gasteiger partial charge in [0.1, 0.15) is 10.7 Å². The predicted octanol–water partition coefficient (Wildman–Crippen LogP) is -0.614. The van der Waals surface area contributed by atoms with Crippen molar-refractivity contribution in [2.45, 2.75) is 11.3 Å². The molecule has 6 nitrogen and oxygen atoms in total. The number of nitrogen functional groups attached to an aromatic ring is 1. The fourth-order valence-electron chi connectivity index (χ4n) is 1.16. The molecule has 2 heterocycles. The SMILES string of the molecule is Nc1[nH]ncc1S(=O)(=O)N1CCC1. The fraction of sp³-hybridized carbons (Fsp3) is 0.500. The summed E-state index contributed by atoms with van der Waals surface area (Å²) in [6.07, 6.45) is 2.15. The quantitative estimate of drug-likeness (QED) is 0.669. The Morgan fingerprint density at radius 2 is 2.23 bits per heavy atom. The van der Waals surface area contributed by atoms with E-state index in [2.05, 4.69) is 10.2 Å². The van der Waals surface area contributed by atoms with Crippen LogP contribution in [0.5, 0.6) is 0 Å². The first-order valence-electron chi connectivity index (χ1n) is 3.91. The Bertz CT molecular complexity index is 406. The van der Waals surface area contributed by atoms with Gasteiger partial charge < -0.3 is 5.73 Å². The van der Waals surface area contributed by atoms with E-state index in [1.54, 1.807) is 0 Å². The summed E-state index contributed by atoms with van der Waals surface area (Å²) >= 11 is 0. The van der Waals surface area contributed by atoms with Gasteiger partial charge in [0.25, 0.3) is 0 Å². The average Bonchev–Trinajstić information content (AvgIpc) is 2.29. The van der Waals surface area contributed by atoms with E-state index in [0.717, 1.165) is 6.42 Å². The van der Waals surface area contributed by atoms with Crippen LogP contribution in [0.25, 0.3) is 0 Å². The molecule has 0 aliphatic carbocycles. The van der Waals surface area contributed by atoms with Gasteiger partial charge in [-0.2, -0.15) is 9.40 Å². The van der Waals surface area contributed by atoms with E-state index in [0.29, 0.717) is 13.1 Å². The van der Waals surface area contributed by atoms with Crippen LogP contribution in [0.2, 0.25) is 0 Å². The summed E-state index contributed by atoms with van der Waals surface area (Å²) in [5.74, 6) is 0.104. The summed E-state index contributed by atoms with van der Waals surface area (Å²) in [7, 11) is -3.37. The first-order chi connectivity index (χ1) is 6.12. The molecule has 13 heavy (non-hydrogen) atoms. The zero-order valence-corrected chi connectivity index (χ0v) is 7.71. The number of sulfonamides is 1. The van der Waals surface area contributed by atoms with Crippen molar-refractivity contribution in [2.24, 2.45) is 0 Å². The Hall–Kier alpha value is -1.08. The van der Waals surface area contributed by atoms with Crippen molar-refractivity contribution >= 4 is 15.8 Å². The predicted molar refractivity (Wildman–Crippen MR) is 46.4 cm³/mol. The monoisotopic (exact) mass is 202 g/mol. The molecule has 7 heteroatoms. The molecule has 0 atom stereocenters. The number of aromatic amines is 1. The normalized spacial score (nSPS) is 18.5. The van der Waals surface area contributed by atoms with Gasteiger partial charge in [-0.15, -0.1) is 0 Å². The Labute approximate surface area is 75.8 Å². The molecule has 1 aromatic rings. The number of anilines is 1. The summed E-state index contributed by atoms with van der Waals surface area (Å²) in [5, 5.41) is 5.97. The van der Waals surface area contributed by atoms with Crippen molar-refractivity contribution < 1.29 is 8.42 Å². The first-order valence-corrected chi connectivity index (χ1v) is 5.35. The molecule has 1 aromatic heterocycles. The largest absolute Gasteiger partial charge is 0.383 e. The van der Waals surface area contributed by atoms with Crippen LogP contribution < -0.4 is 5.73 Å². The van der Waals surface area contributed by atoms with Crippen LogP contribution >= 0.6 is 0 Å². The van der Waals surface area contributed by atoms with E-state index in [4.69, 9.17) is 5.73 Å². The second kappa shape index (κ2) is 2.71. The highest BCUT2D eigenvalue weighted by Crippen LogP contribution is 2.23. The third-order valence-electron chi connectivity index (χ3n) is 2.07. The summed E-state index contributed by atoms with van der Waals surface area (Å²) in [4.78, 5) is 0.0761. The van der Waals surface area contributed by atoms with Crippen LogP contribution in [-0.2, 0) is 10.0 Å². The number of hydrogen-bond acceptors (Lipinski definition) is 4. The maximum Gasteiger partial charge on any atom is 0.248 e. The molecule has 1 aliphatic rings. The number of aromatic nitrogens is 2. The molecular weight excluding hydrogens is 192 g/mol. The van der Waals surface area contributed by atoms with Crippen molar-refractivity contribution in [3.63, 3.8) is 0 Å². The Morgan fingerprint density at radius 1 is 1.54 bits per heavy atom. The minimum atomic E-state index is -3.37. The van der Waals surface area contributed by atoms with E-state index < -0.39 is 10.0 Å². The summed E-state index contributed by atoms with van der Waals surface area (Å²) in [6, 6.07) is 0. The van der Waals surface area contributed by atoms with Crippen molar-refractivity contribution in [3.8, 4) is 0 Å². The Morgan fingerprint density at radius 3 is 2.62 bits per heavy atom. The third-order valence-corrected chi connectivity index (χ3v) is 3.99. The summed E-state index contributed by atoms with van der Waals surface area (Å²) < 4.78 is 24.7. The molecule has 3 N–H and O–H groups in total. The van der Waals surface area contributed by atoms with Gasteiger partial charge in [0.05, 0.1) is 6.20 Å². The van der Waals surface area contributed by atoms with E-state index in [1.807, 2.05) is 0 Å². The maximum absolute atomic E-state index is 11.7. The Kier molecular flexibility index (Phi) is 1.77. The third kappa shape index (κ3) is 1.20. The number of nitrogens with zero attached hydrogens (tertiary/aromatic N) is 2. The smallest absolute Gasteiger partial charge is 0.248 e. The lowest BCUT2D eigenvalue weighted by molar-refractivity contribution is 0.309. The number of nitrogens with two attached hydrogens (primary N) is 1. The van der Waals surface area contributed by atoms with Crippen molar-refractivity contribution in [3.05, 3.63) is 6.20 Å². The van der Waals surface area contributed by atoms with Crippen LogP contribution in [0.1, 0.15) is 6.42 Å². The van der Waals surface area contributed by atoms with Gasteiger partial charge in [0.2, 0.25) is 10.0 Å². The molecule has 2 rings (SSSR count). The number of rotatable bonds is 2. The maximum atomic E-state index is 11.7. The van der Waals surface area contributed by atoms with Gasteiger partial charge in [-0.1, -0.05) is 0 Å². The molecule has 1 saturated heterocycles. The van der Waals surface area contributed by atoms with Gasteiger partial charge in [-0.05, 0) is 6.42 Å². The summed E-state index contributed by atoms with van der Waals surface area (Å²) in [6.45, 7) is 1.15. The highest BCUT2D eigenvalue weighted by Gasteiger charge is 2.31. The molecule has 0 unspecified atom stereocenters. The highest BCUT2D eigenvalue weighted by molar-refractivity contribution is 7.89. The van der Waals surface area contributed by atoms with Gasteiger partial charge >= 0.3 is 0 Å². The van der Waals surface area contributed by atoms with Crippen LogP contribution in [0.15, 0.2) is 11.1 Å². The van der Waals surface area contributed by atoms with Crippen molar-refractivity contribution in [1.82, 2.24) is 14.5 Å². The molecule has 0 saturated carbocycles. The van der Waals surface area contributed by atoms with Crippen molar-refractivity contribution in [2.75, 3.05) is 18.8 Å². The molecule has 1 aliphatic heterocycles. The van der Waals surface area contributed by atoms with Crippen LogP contribution in [0.3, 0.4) is 0 Å². The van der Waals surface area contributed by atoms with E-state index in [-0.39, 0.29) is 10.7 Å². The minimum absolute atomic E-state index is 0.0761.